The number of carbonyl (C=O) groups excluding carboxylic acids is 1. The van der Waals surface area contributed by atoms with Gasteiger partial charge in [-0.1, -0.05) is 30.3 Å². The molecule has 1 aromatic carbocycles. The molecule has 5 heteroatoms. The van der Waals surface area contributed by atoms with Crippen LogP contribution in [0.5, 0.6) is 0 Å². The van der Waals surface area contributed by atoms with Gasteiger partial charge in [-0.05, 0) is 17.2 Å². The lowest BCUT2D eigenvalue weighted by Crippen LogP contribution is -2.25. The highest BCUT2D eigenvalue weighted by molar-refractivity contribution is 5.76. The minimum Gasteiger partial charge on any atom is -0.352 e. The van der Waals surface area contributed by atoms with Crippen LogP contribution in [0.4, 0.5) is 0 Å². The van der Waals surface area contributed by atoms with E-state index in [1.807, 2.05) is 42.6 Å². The van der Waals surface area contributed by atoms with Crippen molar-refractivity contribution in [3.05, 3.63) is 54.4 Å². The molecular formula is C20H20N4O. The fourth-order valence-corrected chi connectivity index (χ4v) is 2.74. The molecule has 1 aromatic heterocycles. The number of terminal acetylenes is 1. The Balaban J connectivity index is 1.54. The van der Waals surface area contributed by atoms with Crippen molar-refractivity contribution in [1.82, 2.24) is 10.3 Å². The van der Waals surface area contributed by atoms with Gasteiger partial charge in [0.25, 0.3) is 0 Å². The molecule has 1 amide bonds. The van der Waals surface area contributed by atoms with Crippen molar-refractivity contribution in [2.24, 2.45) is 10.2 Å². The van der Waals surface area contributed by atoms with Crippen LogP contribution in [0.1, 0.15) is 31.2 Å². The van der Waals surface area contributed by atoms with E-state index in [1.54, 1.807) is 6.20 Å². The van der Waals surface area contributed by atoms with Crippen LogP contribution in [0, 0.1) is 12.3 Å². The third-order valence-electron chi connectivity index (χ3n) is 4.27. The average Bonchev–Trinajstić information content (AvgIpc) is 3.44. The highest BCUT2D eigenvalue weighted by Gasteiger charge is 2.39. The second-order valence-electron chi connectivity index (χ2n) is 6.06. The number of aromatic nitrogens is 1. The molecule has 0 saturated heterocycles. The lowest BCUT2D eigenvalue weighted by molar-refractivity contribution is -0.121. The number of nitrogens with zero attached hydrogens (tertiary/aromatic N) is 3. The second-order valence-corrected chi connectivity index (χ2v) is 6.06. The van der Waals surface area contributed by atoms with Crippen LogP contribution in [0.3, 0.4) is 0 Å². The summed E-state index contributed by atoms with van der Waals surface area (Å²) in [6.45, 7) is 0.482. The predicted octanol–water partition coefficient (Wildman–Crippen LogP) is 3.72. The number of rotatable bonds is 8. The molecule has 1 aliphatic rings. The van der Waals surface area contributed by atoms with Gasteiger partial charge in [-0.2, -0.15) is 10.2 Å². The van der Waals surface area contributed by atoms with Gasteiger partial charge in [-0.3, -0.25) is 9.78 Å². The molecule has 2 aromatic rings. The highest BCUT2D eigenvalue weighted by Crippen LogP contribution is 2.37. The number of hydrogen-bond donors (Lipinski definition) is 1. The molecule has 0 saturated carbocycles. The lowest BCUT2D eigenvalue weighted by atomic mass is 10.0. The number of pyridine rings is 1. The lowest BCUT2D eigenvalue weighted by Gasteiger charge is -2.12. The number of carbonyl (C=O) groups is 1. The zero-order valence-electron chi connectivity index (χ0n) is 14.0. The van der Waals surface area contributed by atoms with Crippen LogP contribution in [0.15, 0.2) is 59.0 Å². The van der Waals surface area contributed by atoms with Gasteiger partial charge in [-0.15, -0.1) is 12.3 Å². The third-order valence-corrected chi connectivity index (χ3v) is 4.27. The molecule has 2 heterocycles. The van der Waals surface area contributed by atoms with Crippen LogP contribution in [-0.4, -0.2) is 16.6 Å². The molecule has 0 fully saturated rings. The SMILES string of the molecule is C#CCCC1(CCC(=O)NCc2ccccc2-c2cccnc2)N=N1. The summed E-state index contributed by atoms with van der Waals surface area (Å²) < 4.78 is 0. The summed E-state index contributed by atoms with van der Waals surface area (Å²) in [6, 6.07) is 11.9. The minimum absolute atomic E-state index is 0.00151. The normalized spacial score (nSPS) is 13.9. The summed E-state index contributed by atoms with van der Waals surface area (Å²) in [7, 11) is 0. The van der Waals surface area contributed by atoms with Crippen molar-refractivity contribution in [2.75, 3.05) is 0 Å². The standard InChI is InChI=1S/C20H20N4O/c1-2-3-11-20(23-24-20)12-10-19(25)22-15-17-7-4-5-9-18(17)16-8-6-13-21-14-16/h1,4-9,13-14H,3,10-12,15H2,(H,22,25). The summed E-state index contributed by atoms with van der Waals surface area (Å²) in [5.74, 6) is 2.59. The summed E-state index contributed by atoms with van der Waals surface area (Å²) in [6.07, 6.45) is 11.2. The zero-order chi connectivity index (χ0) is 17.5. The first kappa shape index (κ1) is 16.8. The van der Waals surface area contributed by atoms with Crippen molar-refractivity contribution in [3.8, 4) is 23.5 Å². The van der Waals surface area contributed by atoms with Crippen LogP contribution >= 0.6 is 0 Å². The Morgan fingerprint density at radius 1 is 1.16 bits per heavy atom. The Bertz CT molecular complexity index is 802. The molecule has 0 radical (unpaired) electrons. The topological polar surface area (TPSA) is 66.7 Å². The van der Waals surface area contributed by atoms with Crippen molar-refractivity contribution in [2.45, 2.75) is 37.9 Å². The highest BCUT2D eigenvalue weighted by atomic mass is 16.1. The van der Waals surface area contributed by atoms with Gasteiger partial charge in [0.1, 0.15) is 0 Å². The Morgan fingerprint density at radius 3 is 2.72 bits per heavy atom. The van der Waals surface area contributed by atoms with E-state index in [-0.39, 0.29) is 5.91 Å². The summed E-state index contributed by atoms with van der Waals surface area (Å²) >= 11 is 0. The van der Waals surface area contributed by atoms with E-state index < -0.39 is 5.66 Å². The number of hydrogen-bond acceptors (Lipinski definition) is 4. The van der Waals surface area contributed by atoms with Crippen molar-refractivity contribution < 1.29 is 4.79 Å². The van der Waals surface area contributed by atoms with Gasteiger partial charge >= 0.3 is 0 Å². The van der Waals surface area contributed by atoms with Crippen LogP contribution in [-0.2, 0) is 11.3 Å². The van der Waals surface area contributed by atoms with E-state index in [0.717, 1.165) is 23.1 Å². The number of benzene rings is 1. The Hall–Kier alpha value is -3.00. The fraction of sp³-hybridized carbons (Fsp3) is 0.300. The molecule has 0 atom stereocenters. The third kappa shape index (κ3) is 4.51. The molecule has 0 bridgehead atoms. The van der Waals surface area contributed by atoms with Crippen molar-refractivity contribution >= 4 is 5.91 Å². The number of amides is 1. The van der Waals surface area contributed by atoms with Gasteiger partial charge in [0.15, 0.2) is 5.66 Å². The molecule has 1 N–H and O–H groups in total. The predicted molar refractivity (Wildman–Crippen MR) is 96.4 cm³/mol. The smallest absolute Gasteiger partial charge is 0.220 e. The van der Waals surface area contributed by atoms with Crippen LogP contribution in [0.25, 0.3) is 11.1 Å². The Labute approximate surface area is 147 Å². The van der Waals surface area contributed by atoms with E-state index in [0.29, 0.717) is 25.8 Å². The molecule has 0 aliphatic carbocycles. The van der Waals surface area contributed by atoms with E-state index >= 15 is 0 Å². The zero-order valence-corrected chi connectivity index (χ0v) is 14.0. The molecule has 25 heavy (non-hydrogen) atoms. The maximum Gasteiger partial charge on any atom is 0.220 e. The van der Waals surface area contributed by atoms with E-state index in [4.69, 9.17) is 6.42 Å². The molecule has 126 valence electrons. The first-order chi connectivity index (χ1) is 12.2. The maximum absolute atomic E-state index is 12.2. The summed E-state index contributed by atoms with van der Waals surface area (Å²) in [5, 5.41) is 11.1. The fourth-order valence-electron chi connectivity index (χ4n) is 2.74. The first-order valence-corrected chi connectivity index (χ1v) is 8.35. The quantitative estimate of drug-likeness (QED) is 0.749. The molecule has 1 aliphatic heterocycles. The van der Waals surface area contributed by atoms with E-state index in [9.17, 15) is 4.79 Å². The summed E-state index contributed by atoms with van der Waals surface area (Å²) in [4.78, 5) is 16.3. The molecule has 0 spiro atoms. The molecular weight excluding hydrogens is 312 g/mol. The average molecular weight is 332 g/mol. The monoisotopic (exact) mass is 332 g/mol. The van der Waals surface area contributed by atoms with Crippen LogP contribution in [0.2, 0.25) is 0 Å². The number of nitrogens with one attached hydrogen (secondary N) is 1. The van der Waals surface area contributed by atoms with Crippen LogP contribution < -0.4 is 5.32 Å². The van der Waals surface area contributed by atoms with E-state index in [2.05, 4.69) is 26.4 Å². The molecule has 0 unspecified atom stereocenters. The first-order valence-electron chi connectivity index (χ1n) is 8.35. The maximum atomic E-state index is 12.2. The summed E-state index contributed by atoms with van der Waals surface area (Å²) in [5.41, 5.74) is 2.77. The van der Waals surface area contributed by atoms with E-state index in [1.165, 1.54) is 0 Å². The van der Waals surface area contributed by atoms with Gasteiger partial charge in [0, 0.05) is 50.2 Å². The second kappa shape index (κ2) is 7.71. The minimum atomic E-state index is -0.405. The van der Waals surface area contributed by atoms with Gasteiger partial charge in [0.05, 0.1) is 0 Å². The van der Waals surface area contributed by atoms with Crippen molar-refractivity contribution in [3.63, 3.8) is 0 Å². The molecule has 5 nitrogen and oxygen atoms in total. The van der Waals surface area contributed by atoms with Gasteiger partial charge in [-0.25, -0.2) is 0 Å². The Morgan fingerprint density at radius 2 is 2.00 bits per heavy atom. The largest absolute Gasteiger partial charge is 0.352 e. The van der Waals surface area contributed by atoms with Gasteiger partial charge in [0.2, 0.25) is 5.91 Å². The van der Waals surface area contributed by atoms with Crippen molar-refractivity contribution in [1.29, 1.82) is 0 Å². The van der Waals surface area contributed by atoms with Gasteiger partial charge < -0.3 is 5.32 Å². The Kier molecular flexibility index (Phi) is 5.20. The molecule has 3 rings (SSSR count).